The van der Waals surface area contributed by atoms with Crippen molar-refractivity contribution in [2.75, 3.05) is 0 Å². The van der Waals surface area contributed by atoms with Gasteiger partial charge in [-0.25, -0.2) is 0 Å². The summed E-state index contributed by atoms with van der Waals surface area (Å²) in [5.41, 5.74) is 1.28. The van der Waals surface area contributed by atoms with Crippen molar-refractivity contribution in [2.24, 2.45) is 0 Å². The first-order chi connectivity index (χ1) is 11.1. The van der Waals surface area contributed by atoms with Crippen molar-refractivity contribution in [2.45, 2.75) is 0 Å². The Labute approximate surface area is 148 Å². The number of hydrogen-bond donors (Lipinski definition) is 1. The standard InChI is InChI=1S/C17H12AsBrN2O2/c19-14-5-1-4-13(10-14)18-17(23)21-16(22)12-6-7-15-11(9-12)3-2-8-20-15/h1-10,18H,(H,21,22,23). The average molecular weight is 431 g/mol. The van der Waals surface area contributed by atoms with Gasteiger partial charge in [-0.3, -0.25) is 0 Å². The van der Waals surface area contributed by atoms with Gasteiger partial charge in [-0.05, 0) is 0 Å². The quantitative estimate of drug-likeness (QED) is 0.649. The van der Waals surface area contributed by atoms with Gasteiger partial charge in [0.05, 0.1) is 0 Å². The summed E-state index contributed by atoms with van der Waals surface area (Å²) < 4.78 is 1.69. The number of rotatable bonds is 3. The molecule has 23 heavy (non-hydrogen) atoms. The number of carbonyl (C=O) groups excluding carboxylic acids is 2. The van der Waals surface area contributed by atoms with Crippen molar-refractivity contribution in [1.82, 2.24) is 10.3 Å². The normalized spacial score (nSPS) is 11.0. The van der Waals surface area contributed by atoms with Gasteiger partial charge >= 0.3 is 148 Å². The molecule has 0 bridgehead atoms. The van der Waals surface area contributed by atoms with Crippen molar-refractivity contribution in [1.29, 1.82) is 0 Å². The summed E-state index contributed by atoms with van der Waals surface area (Å²) in [4.78, 5) is 28.5. The Hall–Kier alpha value is -1.97. The van der Waals surface area contributed by atoms with Crippen molar-refractivity contribution < 1.29 is 9.59 Å². The van der Waals surface area contributed by atoms with Gasteiger partial charge in [0.15, 0.2) is 0 Å². The third-order valence-electron chi connectivity index (χ3n) is 3.17. The third kappa shape index (κ3) is 4.06. The molecule has 0 fully saturated rings. The maximum absolute atomic E-state index is 12.2. The number of benzene rings is 2. The average Bonchev–Trinajstić information content (AvgIpc) is 2.54. The molecule has 1 aromatic heterocycles. The Bertz CT molecular complexity index is 898. The monoisotopic (exact) mass is 430 g/mol. The first-order valence-electron chi connectivity index (χ1n) is 6.84. The van der Waals surface area contributed by atoms with Gasteiger partial charge in [-0.2, -0.15) is 0 Å². The third-order valence-corrected chi connectivity index (χ3v) is 5.66. The summed E-state index contributed by atoms with van der Waals surface area (Å²) in [6.45, 7) is 0. The minimum absolute atomic E-state index is 0.209. The number of nitrogens with zero attached hydrogens (tertiary/aromatic N) is 1. The number of aromatic nitrogens is 1. The van der Waals surface area contributed by atoms with Gasteiger partial charge in [-0.1, -0.05) is 0 Å². The molecule has 0 aliphatic rings. The Balaban J connectivity index is 1.71. The number of halogens is 1. The molecular weight excluding hydrogens is 419 g/mol. The molecule has 0 aliphatic carbocycles. The van der Waals surface area contributed by atoms with Crippen molar-refractivity contribution in [3.8, 4) is 0 Å². The topological polar surface area (TPSA) is 59.1 Å². The molecule has 1 N–H and O–H groups in total. The van der Waals surface area contributed by atoms with Crippen LogP contribution in [-0.4, -0.2) is 31.3 Å². The van der Waals surface area contributed by atoms with Crippen molar-refractivity contribution >= 4 is 57.5 Å². The SMILES string of the molecule is O=C(NC(=O)c1ccc2ncccc2c1)[AsH]c1cccc(Br)c1. The van der Waals surface area contributed by atoms with Crippen LogP contribution in [0.1, 0.15) is 10.4 Å². The van der Waals surface area contributed by atoms with E-state index in [1.165, 1.54) is 0 Å². The van der Waals surface area contributed by atoms with Crippen LogP contribution in [0.2, 0.25) is 0 Å². The molecule has 2 amide bonds. The molecule has 1 unspecified atom stereocenters. The molecule has 4 nitrogen and oxygen atoms in total. The second-order valence-corrected chi connectivity index (χ2v) is 8.43. The van der Waals surface area contributed by atoms with Gasteiger partial charge in [0.1, 0.15) is 0 Å². The van der Waals surface area contributed by atoms with E-state index in [0.29, 0.717) is 5.56 Å². The molecule has 0 radical (unpaired) electrons. The Morgan fingerprint density at radius 3 is 2.74 bits per heavy atom. The number of fused-ring (bicyclic) bond motifs is 1. The molecule has 0 aliphatic heterocycles. The number of carbonyl (C=O) groups is 2. The van der Waals surface area contributed by atoms with Gasteiger partial charge in [0.25, 0.3) is 0 Å². The summed E-state index contributed by atoms with van der Waals surface area (Å²) in [6.07, 6.45) is 1.70. The van der Waals surface area contributed by atoms with Crippen molar-refractivity contribution in [3.63, 3.8) is 0 Å². The van der Waals surface area contributed by atoms with E-state index in [0.717, 1.165) is 19.7 Å². The Kier molecular flexibility index (Phi) is 4.89. The van der Waals surface area contributed by atoms with E-state index in [-0.39, 0.29) is 10.6 Å². The van der Waals surface area contributed by atoms with Gasteiger partial charge in [-0.15, -0.1) is 0 Å². The molecule has 1 atom stereocenters. The molecule has 1 heterocycles. The molecule has 6 heteroatoms. The molecule has 114 valence electrons. The molecule has 0 saturated carbocycles. The van der Waals surface area contributed by atoms with Gasteiger partial charge in [0.2, 0.25) is 0 Å². The van der Waals surface area contributed by atoms with Crippen LogP contribution in [0.25, 0.3) is 10.9 Å². The maximum atomic E-state index is 12.2. The minimum atomic E-state index is -1.07. The summed E-state index contributed by atoms with van der Waals surface area (Å²) in [5.74, 6) is -0.375. The van der Waals surface area contributed by atoms with E-state index in [2.05, 4.69) is 26.2 Å². The van der Waals surface area contributed by atoms with Crippen LogP contribution < -0.4 is 9.67 Å². The van der Waals surface area contributed by atoms with E-state index in [4.69, 9.17) is 0 Å². The van der Waals surface area contributed by atoms with E-state index in [9.17, 15) is 9.59 Å². The summed E-state index contributed by atoms with van der Waals surface area (Å²) in [5, 5.41) is 3.34. The number of hydrogen-bond acceptors (Lipinski definition) is 3. The molecule has 3 rings (SSSR count). The fraction of sp³-hybridized carbons (Fsp3) is 0. The van der Waals surface area contributed by atoms with Crippen molar-refractivity contribution in [3.05, 3.63) is 70.8 Å². The fourth-order valence-corrected chi connectivity index (χ4v) is 4.74. The van der Waals surface area contributed by atoms with Gasteiger partial charge < -0.3 is 0 Å². The molecule has 3 aromatic rings. The first-order valence-corrected chi connectivity index (χ1v) is 9.73. The molecule has 2 aromatic carbocycles. The molecular formula is C17H12AsBrN2O2. The van der Waals surface area contributed by atoms with Crippen LogP contribution in [0.4, 0.5) is 4.79 Å². The molecule has 0 spiro atoms. The number of imide groups is 1. The zero-order valence-corrected chi connectivity index (χ0v) is 15.6. The van der Waals surface area contributed by atoms with E-state index in [1.54, 1.807) is 24.4 Å². The summed E-state index contributed by atoms with van der Waals surface area (Å²) in [7, 11) is 0. The Morgan fingerprint density at radius 1 is 1.04 bits per heavy atom. The molecule has 0 saturated heterocycles. The predicted molar refractivity (Wildman–Crippen MR) is 95.5 cm³/mol. The van der Waals surface area contributed by atoms with Crippen LogP contribution in [0.5, 0.6) is 0 Å². The second-order valence-electron chi connectivity index (χ2n) is 4.83. The number of nitrogens with one attached hydrogen (secondary N) is 1. The fourth-order valence-electron chi connectivity index (χ4n) is 2.12. The van der Waals surface area contributed by atoms with Crippen LogP contribution in [-0.2, 0) is 0 Å². The zero-order valence-electron chi connectivity index (χ0n) is 11.9. The number of amides is 2. The number of pyridine rings is 1. The van der Waals surface area contributed by atoms with Crippen LogP contribution >= 0.6 is 15.9 Å². The summed E-state index contributed by atoms with van der Waals surface area (Å²) in [6, 6.07) is 16.5. The van der Waals surface area contributed by atoms with E-state index in [1.807, 2.05) is 36.4 Å². The van der Waals surface area contributed by atoms with Crippen LogP contribution in [0.3, 0.4) is 0 Å². The first kappa shape index (κ1) is 15.9. The van der Waals surface area contributed by atoms with E-state index < -0.39 is 15.8 Å². The zero-order chi connectivity index (χ0) is 16.2. The predicted octanol–water partition coefficient (Wildman–Crippen LogP) is 2.61. The van der Waals surface area contributed by atoms with Crippen LogP contribution in [0.15, 0.2) is 65.3 Å². The van der Waals surface area contributed by atoms with Crippen LogP contribution in [0, 0.1) is 0 Å². The van der Waals surface area contributed by atoms with Gasteiger partial charge in [0, 0.05) is 0 Å². The summed E-state index contributed by atoms with van der Waals surface area (Å²) >= 11 is 2.30. The van der Waals surface area contributed by atoms with E-state index >= 15 is 0 Å². The second kappa shape index (κ2) is 7.07. The Morgan fingerprint density at radius 2 is 1.91 bits per heavy atom.